The van der Waals surface area contributed by atoms with Gasteiger partial charge in [-0.15, -0.1) is 0 Å². The van der Waals surface area contributed by atoms with Gasteiger partial charge >= 0.3 is 0 Å². The maximum atomic E-state index is 6.44. The van der Waals surface area contributed by atoms with Crippen LogP contribution in [0.15, 0.2) is 42.6 Å². The van der Waals surface area contributed by atoms with Crippen molar-refractivity contribution in [3.05, 3.63) is 48.2 Å². The number of unbranched alkanes of at least 4 members (excludes halogenated alkanes) is 7. The topological polar surface area (TPSA) is 22.1 Å². The monoisotopic (exact) mass is 477 g/mol. The minimum Gasteiger partial charge on any atom is -0.490 e. The van der Waals surface area contributed by atoms with Crippen molar-refractivity contribution in [3.63, 3.8) is 0 Å². The molecule has 1 heterocycles. The zero-order valence-electron chi connectivity index (χ0n) is 22.6. The van der Waals surface area contributed by atoms with Gasteiger partial charge in [-0.3, -0.25) is 4.98 Å². The zero-order chi connectivity index (χ0) is 24.4. The number of pyridine rings is 1. The van der Waals surface area contributed by atoms with Crippen molar-refractivity contribution in [1.29, 1.82) is 0 Å². The molecular weight excluding hydrogens is 426 g/mol. The molecule has 0 bridgehead atoms. The van der Waals surface area contributed by atoms with E-state index in [1.807, 2.05) is 0 Å². The third-order valence-electron chi connectivity index (χ3n) is 7.65. The second kappa shape index (κ2) is 17.6. The summed E-state index contributed by atoms with van der Waals surface area (Å²) < 4.78 is 6.44. The summed E-state index contributed by atoms with van der Waals surface area (Å²) >= 11 is 0. The van der Waals surface area contributed by atoms with E-state index in [0.717, 1.165) is 17.9 Å². The lowest BCUT2D eigenvalue weighted by atomic mass is 9.99. The Labute approximate surface area is 216 Å². The Kier molecular flexibility index (Phi) is 13.9. The van der Waals surface area contributed by atoms with Gasteiger partial charge in [-0.1, -0.05) is 103 Å². The van der Waals surface area contributed by atoms with Crippen molar-refractivity contribution < 1.29 is 4.74 Å². The molecule has 0 aliphatic heterocycles. The van der Waals surface area contributed by atoms with E-state index in [1.165, 1.54) is 133 Å². The van der Waals surface area contributed by atoms with Gasteiger partial charge in [-0.2, -0.15) is 0 Å². The van der Waals surface area contributed by atoms with Crippen LogP contribution in [0.2, 0.25) is 0 Å². The molecule has 35 heavy (non-hydrogen) atoms. The fourth-order valence-corrected chi connectivity index (χ4v) is 5.35. The molecule has 0 amide bonds. The van der Waals surface area contributed by atoms with Crippen LogP contribution in [0.3, 0.4) is 0 Å². The number of hydrogen-bond acceptors (Lipinski definition) is 2. The molecule has 0 spiro atoms. The molecule has 1 aliphatic carbocycles. The summed E-state index contributed by atoms with van der Waals surface area (Å²) in [7, 11) is 0. The Balaban J connectivity index is 1.41. The summed E-state index contributed by atoms with van der Waals surface area (Å²) in [6.07, 6.45) is 29.3. The average Bonchev–Trinajstić information content (AvgIpc) is 2.88. The van der Waals surface area contributed by atoms with Crippen molar-refractivity contribution >= 4 is 0 Å². The Morgan fingerprint density at radius 1 is 0.657 bits per heavy atom. The first kappa shape index (κ1) is 27.8. The third kappa shape index (κ3) is 11.6. The molecule has 194 valence electrons. The Morgan fingerprint density at radius 2 is 1.23 bits per heavy atom. The normalized spacial score (nSPS) is 16.4. The molecule has 1 aromatic heterocycles. The van der Waals surface area contributed by atoms with Gasteiger partial charge in [0.25, 0.3) is 0 Å². The second-order valence-electron chi connectivity index (χ2n) is 10.8. The van der Waals surface area contributed by atoms with Gasteiger partial charge < -0.3 is 4.74 Å². The molecule has 1 aliphatic rings. The van der Waals surface area contributed by atoms with E-state index in [4.69, 9.17) is 9.72 Å². The Hall–Kier alpha value is -1.83. The maximum absolute atomic E-state index is 6.44. The molecule has 2 aromatic rings. The quantitative estimate of drug-likeness (QED) is 0.284. The number of ether oxygens (including phenoxy) is 1. The molecule has 3 rings (SSSR count). The van der Waals surface area contributed by atoms with Crippen molar-refractivity contribution in [1.82, 2.24) is 4.98 Å². The van der Waals surface area contributed by atoms with Gasteiger partial charge in [0.05, 0.1) is 11.8 Å². The van der Waals surface area contributed by atoms with Crippen molar-refractivity contribution in [2.45, 2.75) is 141 Å². The molecule has 0 unspecified atom stereocenters. The summed E-state index contributed by atoms with van der Waals surface area (Å²) in [6.45, 7) is 2.28. The average molecular weight is 478 g/mol. The fraction of sp³-hybridized carbons (Fsp3) is 0.667. The lowest BCUT2D eigenvalue weighted by Crippen LogP contribution is -2.16. The lowest BCUT2D eigenvalue weighted by molar-refractivity contribution is 0.172. The van der Waals surface area contributed by atoms with E-state index >= 15 is 0 Å². The van der Waals surface area contributed by atoms with Crippen LogP contribution in [-0.2, 0) is 6.42 Å². The molecule has 1 aromatic carbocycles. The van der Waals surface area contributed by atoms with Crippen LogP contribution in [-0.4, -0.2) is 11.1 Å². The SMILES string of the molecule is CCCCCCCCCCc1ccc(-c2ccc(OC3CCCCCCCCCCC3)cc2)nc1. The van der Waals surface area contributed by atoms with Gasteiger partial charge in [0.2, 0.25) is 0 Å². The lowest BCUT2D eigenvalue weighted by Gasteiger charge is -2.20. The number of aromatic nitrogens is 1. The molecule has 0 saturated heterocycles. The first-order chi connectivity index (χ1) is 17.3. The van der Waals surface area contributed by atoms with Gasteiger partial charge in [0, 0.05) is 11.8 Å². The van der Waals surface area contributed by atoms with Gasteiger partial charge in [0.1, 0.15) is 5.75 Å². The minimum atomic E-state index is 0.369. The molecule has 1 fully saturated rings. The highest BCUT2D eigenvalue weighted by molar-refractivity contribution is 5.60. The van der Waals surface area contributed by atoms with Crippen LogP contribution < -0.4 is 4.74 Å². The highest BCUT2D eigenvalue weighted by Crippen LogP contribution is 2.25. The van der Waals surface area contributed by atoms with E-state index < -0.39 is 0 Å². The van der Waals surface area contributed by atoms with Gasteiger partial charge in [0.15, 0.2) is 0 Å². The Bertz CT molecular complexity index is 755. The molecule has 1 saturated carbocycles. The van der Waals surface area contributed by atoms with Crippen LogP contribution in [0.4, 0.5) is 0 Å². The molecule has 2 heteroatoms. The van der Waals surface area contributed by atoms with Crippen LogP contribution in [0.25, 0.3) is 11.3 Å². The van der Waals surface area contributed by atoms with Crippen LogP contribution in [0.1, 0.15) is 134 Å². The number of nitrogens with zero attached hydrogens (tertiary/aromatic N) is 1. The summed E-state index contributed by atoms with van der Waals surface area (Å²) in [6, 6.07) is 13.1. The molecule has 0 atom stereocenters. The standard InChI is InChI=1S/C33H51NO/c1-2-3-4-5-6-10-13-16-19-29-22-27-33(34-28-29)30-23-25-32(26-24-30)35-31-20-17-14-11-8-7-9-12-15-18-21-31/h22-28,31H,2-21H2,1H3. The van der Waals surface area contributed by atoms with Gasteiger partial charge in [-0.25, -0.2) is 0 Å². The number of benzene rings is 1. The summed E-state index contributed by atoms with van der Waals surface area (Å²) in [5.41, 5.74) is 3.60. The predicted octanol–water partition coefficient (Wildman–Crippen LogP) is 10.5. The van der Waals surface area contributed by atoms with E-state index in [9.17, 15) is 0 Å². The van der Waals surface area contributed by atoms with Crippen molar-refractivity contribution in [3.8, 4) is 17.0 Å². The van der Waals surface area contributed by atoms with Crippen molar-refractivity contribution in [2.24, 2.45) is 0 Å². The molecule has 0 N–H and O–H groups in total. The summed E-state index contributed by atoms with van der Waals surface area (Å²) in [4.78, 5) is 4.76. The minimum absolute atomic E-state index is 0.369. The smallest absolute Gasteiger partial charge is 0.119 e. The van der Waals surface area contributed by atoms with Gasteiger partial charge in [-0.05, 0) is 74.4 Å². The highest BCUT2D eigenvalue weighted by Gasteiger charge is 2.12. The summed E-state index contributed by atoms with van der Waals surface area (Å²) in [5.74, 6) is 1.01. The van der Waals surface area contributed by atoms with Crippen LogP contribution in [0.5, 0.6) is 5.75 Å². The van der Waals surface area contributed by atoms with Crippen LogP contribution in [0, 0.1) is 0 Å². The second-order valence-corrected chi connectivity index (χ2v) is 10.8. The van der Waals surface area contributed by atoms with Crippen LogP contribution >= 0.6 is 0 Å². The first-order valence-corrected chi connectivity index (χ1v) is 15.1. The Morgan fingerprint density at radius 3 is 1.80 bits per heavy atom. The molecule has 0 radical (unpaired) electrons. The highest BCUT2D eigenvalue weighted by atomic mass is 16.5. The zero-order valence-corrected chi connectivity index (χ0v) is 22.6. The number of rotatable bonds is 12. The third-order valence-corrected chi connectivity index (χ3v) is 7.65. The first-order valence-electron chi connectivity index (χ1n) is 15.1. The van der Waals surface area contributed by atoms with Crippen molar-refractivity contribution in [2.75, 3.05) is 0 Å². The predicted molar refractivity (Wildman–Crippen MR) is 151 cm³/mol. The van der Waals surface area contributed by atoms with E-state index in [1.54, 1.807) is 0 Å². The summed E-state index contributed by atoms with van der Waals surface area (Å²) in [5, 5.41) is 0. The fourth-order valence-electron chi connectivity index (χ4n) is 5.35. The largest absolute Gasteiger partial charge is 0.490 e. The van der Waals surface area contributed by atoms with E-state index in [0.29, 0.717) is 6.10 Å². The maximum Gasteiger partial charge on any atom is 0.119 e. The molecule has 2 nitrogen and oxygen atoms in total. The number of hydrogen-bond donors (Lipinski definition) is 0. The number of aryl methyl sites for hydroxylation is 1. The molecular formula is C33H51NO. The van der Waals surface area contributed by atoms with E-state index in [-0.39, 0.29) is 0 Å². The van der Waals surface area contributed by atoms with E-state index in [2.05, 4.69) is 49.5 Å².